The molecular formula is C21H21BrN2O. The molecule has 0 aromatic heterocycles. The fourth-order valence-electron chi connectivity index (χ4n) is 6.60. The van der Waals surface area contributed by atoms with E-state index >= 15 is 0 Å². The van der Waals surface area contributed by atoms with E-state index in [9.17, 15) is 4.79 Å². The third kappa shape index (κ3) is 1.59. The monoisotopic (exact) mass is 396 g/mol. The number of piperidine rings is 1. The van der Waals surface area contributed by atoms with Gasteiger partial charge >= 0.3 is 0 Å². The topological polar surface area (TPSA) is 23.6 Å². The van der Waals surface area contributed by atoms with Crippen LogP contribution in [0.15, 0.2) is 47.6 Å². The summed E-state index contributed by atoms with van der Waals surface area (Å²) in [5, 5.41) is 0.920. The van der Waals surface area contributed by atoms with Crippen LogP contribution in [0.3, 0.4) is 0 Å². The van der Waals surface area contributed by atoms with E-state index in [-0.39, 0.29) is 17.4 Å². The van der Waals surface area contributed by atoms with Gasteiger partial charge in [-0.15, -0.1) is 0 Å². The Labute approximate surface area is 156 Å². The zero-order chi connectivity index (χ0) is 16.8. The Kier molecular flexibility index (Phi) is 2.87. The molecule has 128 valence electrons. The number of hydrogen-bond acceptors (Lipinski definition) is 2. The molecule has 3 fully saturated rings. The number of rotatable bonds is 1. The van der Waals surface area contributed by atoms with Gasteiger partial charge in [0.2, 0.25) is 5.91 Å². The molecule has 4 heteroatoms. The van der Waals surface area contributed by atoms with Gasteiger partial charge in [0.05, 0.1) is 6.04 Å². The molecule has 4 aliphatic heterocycles. The second kappa shape index (κ2) is 4.86. The molecule has 1 aromatic rings. The molecule has 2 bridgehead atoms. The summed E-state index contributed by atoms with van der Waals surface area (Å²) in [7, 11) is 0. The van der Waals surface area contributed by atoms with E-state index in [4.69, 9.17) is 0 Å². The first-order valence-electron chi connectivity index (χ1n) is 9.36. The Morgan fingerprint density at radius 1 is 1.32 bits per heavy atom. The van der Waals surface area contributed by atoms with Gasteiger partial charge in [-0.05, 0) is 36.6 Å². The Morgan fingerprint density at radius 2 is 2.20 bits per heavy atom. The van der Waals surface area contributed by atoms with Crippen LogP contribution in [-0.2, 0) is 10.2 Å². The minimum Gasteiger partial charge on any atom is -0.304 e. The van der Waals surface area contributed by atoms with E-state index in [1.807, 2.05) is 0 Å². The molecule has 0 radical (unpaired) electrons. The zero-order valence-electron chi connectivity index (χ0n) is 14.1. The van der Waals surface area contributed by atoms with E-state index in [1.54, 1.807) is 5.57 Å². The molecule has 1 spiro atoms. The van der Waals surface area contributed by atoms with Crippen molar-refractivity contribution in [1.29, 1.82) is 0 Å². The SMILES string of the molecule is O=C1CC=C2C3CC4N(CCC45c4ccccc4N1C25)CC3=CCBr. The van der Waals surface area contributed by atoms with Crippen LogP contribution in [0.4, 0.5) is 5.69 Å². The van der Waals surface area contributed by atoms with Gasteiger partial charge in [0, 0.05) is 41.4 Å². The van der Waals surface area contributed by atoms with Crippen molar-refractivity contribution < 1.29 is 4.79 Å². The fraction of sp³-hybridized carbons (Fsp3) is 0.476. The first kappa shape index (κ1) is 14.7. The largest absolute Gasteiger partial charge is 0.304 e. The van der Waals surface area contributed by atoms with Crippen LogP contribution in [-0.4, -0.2) is 41.3 Å². The average molecular weight is 397 g/mol. The molecule has 1 aromatic carbocycles. The minimum absolute atomic E-state index is 0.120. The van der Waals surface area contributed by atoms with Crippen molar-refractivity contribution in [2.45, 2.75) is 36.8 Å². The predicted molar refractivity (Wildman–Crippen MR) is 102 cm³/mol. The third-order valence-electron chi connectivity index (χ3n) is 7.39. The smallest absolute Gasteiger partial charge is 0.231 e. The highest BCUT2D eigenvalue weighted by Crippen LogP contribution is 2.63. The number of hydrogen-bond donors (Lipinski definition) is 0. The lowest BCUT2D eigenvalue weighted by atomic mass is 9.57. The van der Waals surface area contributed by atoms with Gasteiger partial charge < -0.3 is 4.90 Å². The van der Waals surface area contributed by atoms with E-state index in [0.29, 0.717) is 18.4 Å². The standard InChI is InChI=1S/C21H21BrN2O/c22-9-7-13-12-23-10-8-21-16-3-1-2-4-17(16)24-19(25)6-5-14(20(21)24)15(13)11-18(21)23/h1-5,7,15,18,20H,6,8-12H2. The summed E-state index contributed by atoms with van der Waals surface area (Å²) in [6.07, 6.45) is 7.61. The molecule has 1 aliphatic carbocycles. The summed E-state index contributed by atoms with van der Waals surface area (Å²) in [6, 6.07) is 9.54. The third-order valence-corrected chi connectivity index (χ3v) is 7.71. The van der Waals surface area contributed by atoms with Gasteiger partial charge in [-0.25, -0.2) is 0 Å². The molecule has 4 unspecified atom stereocenters. The van der Waals surface area contributed by atoms with Gasteiger partial charge in [-0.3, -0.25) is 9.69 Å². The molecule has 4 heterocycles. The molecule has 25 heavy (non-hydrogen) atoms. The molecule has 6 rings (SSSR count). The number of alkyl halides is 1. The van der Waals surface area contributed by atoms with Crippen LogP contribution in [0.2, 0.25) is 0 Å². The van der Waals surface area contributed by atoms with Gasteiger partial charge in [0.1, 0.15) is 0 Å². The lowest BCUT2D eigenvalue weighted by Gasteiger charge is -2.54. The van der Waals surface area contributed by atoms with Crippen LogP contribution in [0, 0.1) is 5.92 Å². The van der Waals surface area contributed by atoms with Gasteiger partial charge in [0.15, 0.2) is 0 Å². The Morgan fingerprint density at radius 3 is 3.08 bits per heavy atom. The summed E-state index contributed by atoms with van der Waals surface area (Å²) in [5.41, 5.74) is 5.82. The van der Waals surface area contributed by atoms with Crippen molar-refractivity contribution in [3.8, 4) is 0 Å². The van der Waals surface area contributed by atoms with E-state index in [0.717, 1.165) is 18.4 Å². The quantitative estimate of drug-likeness (QED) is 0.536. The normalized spacial score (nSPS) is 39.5. The summed E-state index contributed by atoms with van der Waals surface area (Å²) in [4.78, 5) is 17.8. The molecule has 5 aliphatic rings. The number of nitrogens with zero attached hydrogens (tertiary/aromatic N) is 2. The first-order valence-corrected chi connectivity index (χ1v) is 10.5. The molecule has 2 saturated heterocycles. The zero-order valence-corrected chi connectivity index (χ0v) is 15.7. The lowest BCUT2D eigenvalue weighted by molar-refractivity contribution is -0.118. The first-order chi connectivity index (χ1) is 12.3. The minimum atomic E-state index is 0.120. The van der Waals surface area contributed by atoms with Crippen molar-refractivity contribution in [2.75, 3.05) is 23.3 Å². The van der Waals surface area contributed by atoms with Crippen LogP contribution in [0.25, 0.3) is 0 Å². The highest BCUT2D eigenvalue weighted by molar-refractivity contribution is 9.09. The molecule has 0 N–H and O–H groups in total. The number of halogens is 1. The van der Waals surface area contributed by atoms with Gasteiger partial charge in [-0.1, -0.05) is 51.9 Å². The summed E-state index contributed by atoms with van der Waals surface area (Å²) >= 11 is 3.60. The van der Waals surface area contributed by atoms with Crippen LogP contribution in [0.1, 0.15) is 24.8 Å². The number of amides is 1. The van der Waals surface area contributed by atoms with E-state index in [1.165, 1.54) is 29.7 Å². The van der Waals surface area contributed by atoms with Crippen molar-refractivity contribution >= 4 is 27.5 Å². The van der Waals surface area contributed by atoms with Crippen molar-refractivity contribution in [3.05, 3.63) is 53.1 Å². The average Bonchev–Trinajstić information content (AvgIpc) is 3.17. The van der Waals surface area contributed by atoms with Crippen molar-refractivity contribution in [1.82, 2.24) is 4.90 Å². The molecule has 3 nitrogen and oxygen atoms in total. The number of fused-ring (bicyclic) bond motifs is 4. The molecule has 4 atom stereocenters. The second-order valence-corrected chi connectivity index (χ2v) is 8.74. The van der Waals surface area contributed by atoms with Crippen LogP contribution < -0.4 is 4.90 Å². The summed E-state index contributed by atoms with van der Waals surface area (Å²) < 4.78 is 0. The summed E-state index contributed by atoms with van der Waals surface area (Å²) in [5.74, 6) is 0.808. The van der Waals surface area contributed by atoms with Gasteiger partial charge in [-0.2, -0.15) is 0 Å². The number of carbonyl (C=O) groups is 1. The Bertz CT molecular complexity index is 859. The molecule has 1 amide bonds. The summed E-state index contributed by atoms with van der Waals surface area (Å²) in [6.45, 7) is 2.25. The lowest BCUT2D eigenvalue weighted by Crippen LogP contribution is -2.62. The van der Waals surface area contributed by atoms with Crippen molar-refractivity contribution in [2.24, 2.45) is 5.92 Å². The highest BCUT2D eigenvalue weighted by atomic mass is 79.9. The predicted octanol–water partition coefficient (Wildman–Crippen LogP) is 3.40. The van der Waals surface area contributed by atoms with Gasteiger partial charge in [0.25, 0.3) is 0 Å². The van der Waals surface area contributed by atoms with Crippen LogP contribution in [0.5, 0.6) is 0 Å². The highest BCUT2D eigenvalue weighted by Gasteiger charge is 2.67. The number of benzene rings is 1. The fourth-order valence-corrected chi connectivity index (χ4v) is 7.02. The van der Waals surface area contributed by atoms with E-state index < -0.39 is 0 Å². The Balaban J connectivity index is 1.64. The molecular weight excluding hydrogens is 376 g/mol. The van der Waals surface area contributed by atoms with Crippen LogP contribution >= 0.6 is 15.9 Å². The second-order valence-electron chi connectivity index (χ2n) is 8.09. The number of carbonyl (C=O) groups excluding carboxylic acids is 1. The van der Waals surface area contributed by atoms with E-state index in [2.05, 4.69) is 62.1 Å². The van der Waals surface area contributed by atoms with Crippen molar-refractivity contribution in [3.63, 3.8) is 0 Å². The number of para-hydroxylation sites is 1. The number of allylic oxidation sites excluding steroid dienone is 1. The maximum absolute atomic E-state index is 12.9. The number of anilines is 1. The maximum atomic E-state index is 12.9. The Hall–Kier alpha value is -1.39. The maximum Gasteiger partial charge on any atom is 0.231 e. The molecule has 1 saturated carbocycles.